The number of H-pyrrole nitrogens is 1. The lowest BCUT2D eigenvalue weighted by molar-refractivity contribution is 0.0718. The number of rotatable bonds is 3. The van der Waals surface area contributed by atoms with Crippen molar-refractivity contribution in [1.82, 2.24) is 24.8 Å². The molecule has 1 atom stereocenters. The van der Waals surface area contributed by atoms with Crippen molar-refractivity contribution in [2.75, 3.05) is 13.1 Å². The molecule has 0 saturated carbocycles. The first-order valence-corrected chi connectivity index (χ1v) is 11.5. The summed E-state index contributed by atoms with van der Waals surface area (Å²) in [5.41, 5.74) is 1.60. The number of aromatic nitrogens is 3. The molecule has 3 aromatic heterocycles. The Balaban J connectivity index is 1.39. The number of aryl methyl sites for hydroxylation is 1. The number of fused-ring (bicyclic) bond motifs is 1. The zero-order chi connectivity index (χ0) is 22.2. The fraction of sp³-hybridized carbons (Fsp3) is 0.348. The lowest BCUT2D eigenvalue weighted by atomic mass is 10.1. The molecule has 1 N–H and O–H groups in total. The SMILES string of the molecule is Cc1ccc(C(=O)N2CCc3nc([C@@H]4CCCN4C(=O)c4ccncc4)[nH]c(=O)c3C2)s1. The summed E-state index contributed by atoms with van der Waals surface area (Å²) in [6, 6.07) is 6.89. The van der Waals surface area contributed by atoms with E-state index >= 15 is 0 Å². The number of carbonyl (C=O) groups excluding carboxylic acids is 2. The predicted octanol–water partition coefficient (Wildman–Crippen LogP) is 2.71. The molecule has 8 nitrogen and oxygen atoms in total. The predicted molar refractivity (Wildman–Crippen MR) is 120 cm³/mol. The van der Waals surface area contributed by atoms with Gasteiger partial charge in [-0.05, 0) is 44.0 Å². The monoisotopic (exact) mass is 449 g/mol. The Morgan fingerprint density at radius 2 is 1.94 bits per heavy atom. The molecule has 1 saturated heterocycles. The van der Waals surface area contributed by atoms with Gasteiger partial charge in [-0.1, -0.05) is 0 Å². The van der Waals surface area contributed by atoms with Crippen molar-refractivity contribution < 1.29 is 9.59 Å². The summed E-state index contributed by atoms with van der Waals surface area (Å²) in [4.78, 5) is 55.7. The number of nitrogens with zero attached hydrogens (tertiary/aromatic N) is 4. The average molecular weight is 450 g/mol. The minimum Gasteiger partial charge on any atom is -0.333 e. The molecule has 0 aliphatic carbocycles. The first-order valence-electron chi connectivity index (χ1n) is 10.7. The Labute approximate surface area is 188 Å². The van der Waals surface area contributed by atoms with Gasteiger partial charge in [0, 0.05) is 42.3 Å². The Morgan fingerprint density at radius 3 is 2.69 bits per heavy atom. The summed E-state index contributed by atoms with van der Waals surface area (Å²) in [6.07, 6.45) is 5.32. The Morgan fingerprint density at radius 1 is 1.12 bits per heavy atom. The quantitative estimate of drug-likeness (QED) is 0.663. The van der Waals surface area contributed by atoms with Gasteiger partial charge in [0.25, 0.3) is 17.4 Å². The first-order chi connectivity index (χ1) is 15.5. The fourth-order valence-electron chi connectivity index (χ4n) is 4.44. The highest BCUT2D eigenvalue weighted by atomic mass is 32.1. The molecule has 9 heteroatoms. The van der Waals surface area contributed by atoms with Crippen LogP contribution >= 0.6 is 11.3 Å². The number of hydrogen-bond acceptors (Lipinski definition) is 6. The van der Waals surface area contributed by atoms with E-state index in [1.165, 1.54) is 11.3 Å². The van der Waals surface area contributed by atoms with Gasteiger partial charge in [-0.3, -0.25) is 19.4 Å². The summed E-state index contributed by atoms with van der Waals surface area (Å²) in [5, 5.41) is 0. The third kappa shape index (κ3) is 3.73. The summed E-state index contributed by atoms with van der Waals surface area (Å²) in [5.74, 6) is 0.391. The van der Waals surface area contributed by atoms with Crippen LogP contribution in [0.25, 0.3) is 0 Å². The zero-order valence-corrected chi connectivity index (χ0v) is 18.5. The third-order valence-electron chi connectivity index (χ3n) is 6.08. The maximum absolute atomic E-state index is 13.0. The van der Waals surface area contributed by atoms with Gasteiger partial charge in [0.1, 0.15) is 5.82 Å². The van der Waals surface area contributed by atoms with Gasteiger partial charge in [0.15, 0.2) is 0 Å². The molecule has 3 aromatic rings. The second-order valence-corrected chi connectivity index (χ2v) is 9.44. The molecule has 0 bridgehead atoms. The van der Waals surface area contributed by atoms with E-state index in [0.717, 1.165) is 23.4 Å². The smallest absolute Gasteiger partial charge is 0.264 e. The van der Waals surface area contributed by atoms with Crippen LogP contribution in [0.1, 0.15) is 60.9 Å². The second kappa shape index (κ2) is 8.31. The van der Waals surface area contributed by atoms with Gasteiger partial charge in [0.05, 0.1) is 28.7 Å². The van der Waals surface area contributed by atoms with Crippen molar-refractivity contribution in [1.29, 1.82) is 0 Å². The summed E-state index contributed by atoms with van der Waals surface area (Å²) in [7, 11) is 0. The zero-order valence-electron chi connectivity index (χ0n) is 17.7. The second-order valence-electron chi connectivity index (χ2n) is 8.16. The fourth-order valence-corrected chi connectivity index (χ4v) is 5.27. The summed E-state index contributed by atoms with van der Waals surface area (Å²) in [6.45, 7) is 3.35. The number of aromatic amines is 1. The Hall–Kier alpha value is -3.33. The highest BCUT2D eigenvalue weighted by Gasteiger charge is 2.34. The van der Waals surface area contributed by atoms with Gasteiger partial charge in [-0.2, -0.15) is 0 Å². The van der Waals surface area contributed by atoms with E-state index in [1.807, 2.05) is 19.1 Å². The van der Waals surface area contributed by atoms with E-state index in [4.69, 9.17) is 4.98 Å². The number of thiophene rings is 1. The number of likely N-dealkylation sites (tertiary alicyclic amines) is 1. The van der Waals surface area contributed by atoms with Gasteiger partial charge in [0.2, 0.25) is 0 Å². The Kier molecular flexibility index (Phi) is 5.34. The van der Waals surface area contributed by atoms with E-state index < -0.39 is 0 Å². The number of hydrogen-bond donors (Lipinski definition) is 1. The van der Waals surface area contributed by atoms with Crippen molar-refractivity contribution >= 4 is 23.2 Å². The highest BCUT2D eigenvalue weighted by Crippen LogP contribution is 2.31. The Bertz CT molecular complexity index is 1240. The van der Waals surface area contributed by atoms with Crippen LogP contribution in [0.2, 0.25) is 0 Å². The first kappa shape index (κ1) is 20.6. The van der Waals surface area contributed by atoms with E-state index in [9.17, 15) is 14.4 Å². The van der Waals surface area contributed by atoms with E-state index in [-0.39, 0.29) is 30.0 Å². The molecule has 164 valence electrons. The molecule has 32 heavy (non-hydrogen) atoms. The van der Waals surface area contributed by atoms with Crippen LogP contribution in [0.5, 0.6) is 0 Å². The molecular formula is C23H23N5O3S. The van der Waals surface area contributed by atoms with Gasteiger partial charge in [-0.15, -0.1) is 11.3 Å². The molecule has 0 aromatic carbocycles. The number of nitrogens with one attached hydrogen (secondary N) is 1. The van der Waals surface area contributed by atoms with E-state index in [2.05, 4.69) is 9.97 Å². The van der Waals surface area contributed by atoms with Crippen LogP contribution in [-0.2, 0) is 13.0 Å². The molecule has 1 fully saturated rings. The van der Waals surface area contributed by atoms with Crippen molar-refractivity contribution in [3.05, 3.63) is 79.4 Å². The standard InChI is InChI=1S/C23H23N5O3S/c1-14-4-5-19(32-14)23(31)27-12-8-17-16(13-27)21(29)26-20(25-17)18-3-2-11-28(18)22(30)15-6-9-24-10-7-15/h4-7,9-10,18H,2-3,8,11-13H2,1H3,(H,25,26,29)/t18-/m0/s1. The van der Waals surface area contributed by atoms with Gasteiger partial charge >= 0.3 is 0 Å². The van der Waals surface area contributed by atoms with Crippen LogP contribution in [0.15, 0.2) is 41.5 Å². The van der Waals surface area contributed by atoms with Crippen LogP contribution in [0.3, 0.4) is 0 Å². The van der Waals surface area contributed by atoms with E-state index in [0.29, 0.717) is 41.3 Å². The summed E-state index contributed by atoms with van der Waals surface area (Å²) >= 11 is 1.46. The van der Waals surface area contributed by atoms with Crippen molar-refractivity contribution in [3.8, 4) is 0 Å². The topological polar surface area (TPSA) is 99.3 Å². The van der Waals surface area contributed by atoms with Crippen LogP contribution in [0, 0.1) is 6.92 Å². The van der Waals surface area contributed by atoms with Gasteiger partial charge < -0.3 is 14.8 Å². The van der Waals surface area contributed by atoms with Gasteiger partial charge in [-0.25, -0.2) is 4.98 Å². The maximum Gasteiger partial charge on any atom is 0.264 e. The highest BCUT2D eigenvalue weighted by molar-refractivity contribution is 7.13. The minimum atomic E-state index is -0.262. The normalized spacial score (nSPS) is 18.0. The maximum atomic E-state index is 13.0. The average Bonchev–Trinajstić information content (AvgIpc) is 3.48. The van der Waals surface area contributed by atoms with Crippen LogP contribution in [-0.4, -0.2) is 49.7 Å². The molecule has 0 spiro atoms. The minimum absolute atomic E-state index is 0.0536. The molecule has 5 heterocycles. The molecule has 2 aliphatic rings. The van der Waals surface area contributed by atoms with Crippen molar-refractivity contribution in [2.45, 2.75) is 38.8 Å². The molecule has 0 radical (unpaired) electrons. The van der Waals surface area contributed by atoms with Crippen LogP contribution < -0.4 is 5.56 Å². The number of carbonyl (C=O) groups is 2. The van der Waals surface area contributed by atoms with Crippen molar-refractivity contribution in [2.24, 2.45) is 0 Å². The molecule has 0 unspecified atom stereocenters. The third-order valence-corrected chi connectivity index (χ3v) is 7.07. The van der Waals surface area contributed by atoms with Crippen molar-refractivity contribution in [3.63, 3.8) is 0 Å². The summed E-state index contributed by atoms with van der Waals surface area (Å²) < 4.78 is 0. The molecule has 5 rings (SSSR count). The largest absolute Gasteiger partial charge is 0.333 e. The van der Waals surface area contributed by atoms with Crippen LogP contribution in [0.4, 0.5) is 0 Å². The number of amides is 2. The van der Waals surface area contributed by atoms with E-state index in [1.54, 1.807) is 34.3 Å². The molecule has 2 amide bonds. The lowest BCUT2D eigenvalue weighted by Gasteiger charge is -2.29. The molecule has 2 aliphatic heterocycles. The number of pyridine rings is 1. The lowest BCUT2D eigenvalue weighted by Crippen LogP contribution is -2.40. The molecular weight excluding hydrogens is 426 g/mol.